The molecule has 3 aromatic carbocycles. The minimum absolute atomic E-state index is 0.165. The van der Waals surface area contributed by atoms with E-state index in [2.05, 4.69) is 27.9 Å². The monoisotopic (exact) mass is 622 g/mol. The Morgan fingerprint density at radius 1 is 0.943 bits per heavy atom. The fourth-order valence-electron chi connectivity index (χ4n) is 3.32. The average Bonchev–Trinajstić information content (AvgIpc) is 2.83. The lowest BCUT2D eigenvalue weighted by Crippen LogP contribution is -2.54. The third-order valence-corrected chi connectivity index (χ3v) is 6.53. The molecule has 1 fully saturated rings. The van der Waals surface area contributed by atoms with Gasteiger partial charge in [-0.25, -0.2) is 9.69 Å². The third-order valence-electron chi connectivity index (χ3n) is 5.07. The van der Waals surface area contributed by atoms with Crippen molar-refractivity contribution in [2.45, 2.75) is 6.61 Å². The second-order valence-corrected chi connectivity index (χ2v) is 9.44. The van der Waals surface area contributed by atoms with Crippen LogP contribution in [0.25, 0.3) is 6.08 Å². The summed E-state index contributed by atoms with van der Waals surface area (Å²) in [5.74, 6) is -0.685. The molecule has 1 N–H and O–H groups in total. The summed E-state index contributed by atoms with van der Waals surface area (Å²) in [5.41, 5.74) is 1.45. The molecule has 1 aliphatic rings. The van der Waals surface area contributed by atoms with E-state index < -0.39 is 17.8 Å². The van der Waals surface area contributed by atoms with Gasteiger partial charge in [0.25, 0.3) is 11.8 Å². The van der Waals surface area contributed by atoms with Crippen molar-refractivity contribution in [3.05, 3.63) is 91.0 Å². The quantitative estimate of drug-likeness (QED) is 0.212. The molecule has 3 aromatic rings. The van der Waals surface area contributed by atoms with Crippen molar-refractivity contribution < 1.29 is 23.9 Å². The molecule has 0 radical (unpaired) electrons. The number of nitrogens with zero attached hydrogens (tertiary/aromatic N) is 1. The molecule has 0 saturated carbocycles. The maximum atomic E-state index is 13.1. The van der Waals surface area contributed by atoms with Crippen LogP contribution in [0.15, 0.2) is 66.2 Å². The molecule has 1 aliphatic heterocycles. The van der Waals surface area contributed by atoms with Gasteiger partial charge in [0.15, 0.2) is 11.5 Å². The number of hydrogen-bond acceptors (Lipinski definition) is 5. The van der Waals surface area contributed by atoms with Crippen LogP contribution in [0, 0.1) is 3.57 Å². The lowest BCUT2D eigenvalue weighted by Gasteiger charge is -2.26. The molecule has 4 amide bonds. The summed E-state index contributed by atoms with van der Waals surface area (Å²) >= 11 is 14.2. The standard InChI is InChI=1S/C25H17Cl2IN2O5/c1-34-22-11-15(4-9-21(22)35-13-14-2-5-16(28)6-3-14)10-18-23(31)29-25(33)30(24(18)32)17-7-8-19(26)20(27)12-17/h2-12H,13H2,1H3,(H,29,31,33)/b18-10+. The van der Waals surface area contributed by atoms with Crippen LogP contribution >= 0.6 is 45.8 Å². The van der Waals surface area contributed by atoms with Crippen molar-refractivity contribution in [2.75, 3.05) is 12.0 Å². The first kappa shape index (κ1) is 25.0. The van der Waals surface area contributed by atoms with Crippen LogP contribution in [0.3, 0.4) is 0 Å². The van der Waals surface area contributed by atoms with E-state index in [4.69, 9.17) is 32.7 Å². The van der Waals surface area contributed by atoms with Crippen LogP contribution in [-0.4, -0.2) is 25.0 Å². The van der Waals surface area contributed by atoms with Crippen molar-refractivity contribution in [1.82, 2.24) is 5.32 Å². The first-order chi connectivity index (χ1) is 16.8. The Labute approximate surface area is 224 Å². The van der Waals surface area contributed by atoms with E-state index in [1.54, 1.807) is 18.2 Å². The molecular weight excluding hydrogens is 606 g/mol. The van der Waals surface area contributed by atoms with Gasteiger partial charge in [0.1, 0.15) is 12.2 Å². The zero-order valence-electron chi connectivity index (χ0n) is 18.2. The van der Waals surface area contributed by atoms with Crippen molar-refractivity contribution in [3.8, 4) is 11.5 Å². The maximum absolute atomic E-state index is 13.1. The van der Waals surface area contributed by atoms with Gasteiger partial charge < -0.3 is 9.47 Å². The number of amides is 4. The zero-order chi connectivity index (χ0) is 25.1. The molecule has 0 bridgehead atoms. The first-order valence-corrected chi connectivity index (χ1v) is 12.0. The Hall–Kier alpha value is -3.08. The van der Waals surface area contributed by atoms with E-state index in [0.29, 0.717) is 23.7 Å². The molecule has 7 nitrogen and oxygen atoms in total. The number of ether oxygens (including phenoxy) is 2. The van der Waals surface area contributed by atoms with Gasteiger partial charge in [0.05, 0.1) is 22.8 Å². The van der Waals surface area contributed by atoms with E-state index in [1.165, 1.54) is 31.4 Å². The number of imide groups is 2. The molecule has 35 heavy (non-hydrogen) atoms. The predicted octanol–water partition coefficient (Wildman–Crippen LogP) is 5.85. The number of hydrogen-bond donors (Lipinski definition) is 1. The normalized spacial score (nSPS) is 14.8. The summed E-state index contributed by atoms with van der Waals surface area (Å²) in [4.78, 5) is 38.8. The lowest BCUT2D eigenvalue weighted by atomic mass is 10.1. The first-order valence-electron chi connectivity index (χ1n) is 10.2. The fraction of sp³-hybridized carbons (Fsp3) is 0.0800. The van der Waals surface area contributed by atoms with E-state index in [0.717, 1.165) is 14.0 Å². The molecule has 1 heterocycles. The van der Waals surface area contributed by atoms with Crippen LogP contribution in [0.5, 0.6) is 11.5 Å². The van der Waals surface area contributed by atoms with E-state index >= 15 is 0 Å². The number of anilines is 1. The smallest absolute Gasteiger partial charge is 0.335 e. The highest BCUT2D eigenvalue weighted by Crippen LogP contribution is 2.32. The van der Waals surface area contributed by atoms with Gasteiger partial charge in [-0.3, -0.25) is 14.9 Å². The minimum Gasteiger partial charge on any atom is -0.493 e. The summed E-state index contributed by atoms with van der Waals surface area (Å²) in [7, 11) is 1.49. The molecule has 0 spiro atoms. The second kappa shape index (κ2) is 10.7. The van der Waals surface area contributed by atoms with Crippen LogP contribution < -0.4 is 19.7 Å². The van der Waals surface area contributed by atoms with Crippen LogP contribution in [0.4, 0.5) is 10.5 Å². The topological polar surface area (TPSA) is 84.9 Å². The van der Waals surface area contributed by atoms with E-state index in [9.17, 15) is 14.4 Å². The van der Waals surface area contributed by atoms with Gasteiger partial charge in [-0.05, 0) is 82.3 Å². The molecule has 10 heteroatoms. The average molecular weight is 623 g/mol. The highest BCUT2D eigenvalue weighted by atomic mass is 127. The highest BCUT2D eigenvalue weighted by molar-refractivity contribution is 14.1. The number of halogens is 3. The van der Waals surface area contributed by atoms with Gasteiger partial charge in [-0.15, -0.1) is 0 Å². The maximum Gasteiger partial charge on any atom is 0.335 e. The summed E-state index contributed by atoms with van der Waals surface area (Å²) in [6.07, 6.45) is 1.38. The number of carbonyl (C=O) groups excluding carboxylic acids is 3. The number of benzene rings is 3. The summed E-state index contributed by atoms with van der Waals surface area (Å²) in [5, 5.41) is 2.60. The number of carbonyl (C=O) groups is 3. The Morgan fingerprint density at radius 3 is 2.37 bits per heavy atom. The molecule has 0 aromatic heterocycles. The van der Waals surface area contributed by atoms with Crippen molar-refractivity contribution >= 4 is 75.4 Å². The van der Waals surface area contributed by atoms with Gasteiger partial charge in [0.2, 0.25) is 0 Å². The molecule has 4 rings (SSSR count). The summed E-state index contributed by atoms with van der Waals surface area (Å²) < 4.78 is 12.4. The Bertz CT molecular complexity index is 1360. The second-order valence-electron chi connectivity index (χ2n) is 7.38. The molecule has 0 atom stereocenters. The van der Waals surface area contributed by atoms with Gasteiger partial charge >= 0.3 is 6.03 Å². The van der Waals surface area contributed by atoms with E-state index in [1.807, 2.05) is 24.3 Å². The highest BCUT2D eigenvalue weighted by Gasteiger charge is 2.37. The molecule has 0 aliphatic carbocycles. The molecule has 1 saturated heterocycles. The molecule has 0 unspecified atom stereocenters. The Morgan fingerprint density at radius 2 is 1.69 bits per heavy atom. The van der Waals surface area contributed by atoms with Crippen molar-refractivity contribution in [1.29, 1.82) is 0 Å². The number of barbiturate groups is 1. The largest absolute Gasteiger partial charge is 0.493 e. The minimum atomic E-state index is -0.882. The third kappa shape index (κ3) is 5.61. The van der Waals surface area contributed by atoms with Crippen LogP contribution in [0.2, 0.25) is 10.0 Å². The van der Waals surface area contributed by atoms with Gasteiger partial charge in [-0.1, -0.05) is 41.4 Å². The summed E-state index contributed by atoms with van der Waals surface area (Å²) in [6.45, 7) is 0.343. The van der Waals surface area contributed by atoms with Crippen LogP contribution in [0.1, 0.15) is 11.1 Å². The molecule has 178 valence electrons. The number of rotatable bonds is 6. The van der Waals surface area contributed by atoms with Gasteiger partial charge in [0, 0.05) is 3.57 Å². The number of nitrogens with one attached hydrogen (secondary N) is 1. The molecular formula is C25H17Cl2IN2O5. The Kier molecular flexibility index (Phi) is 7.63. The van der Waals surface area contributed by atoms with Crippen LogP contribution in [-0.2, 0) is 16.2 Å². The lowest BCUT2D eigenvalue weighted by molar-refractivity contribution is -0.122. The fourth-order valence-corrected chi connectivity index (χ4v) is 3.97. The van der Waals surface area contributed by atoms with Crippen molar-refractivity contribution in [3.63, 3.8) is 0 Å². The van der Waals surface area contributed by atoms with E-state index in [-0.39, 0.29) is 21.3 Å². The SMILES string of the molecule is COc1cc(/C=C2\C(=O)NC(=O)N(c3ccc(Cl)c(Cl)c3)C2=O)ccc1OCc1ccc(I)cc1. The summed E-state index contributed by atoms with van der Waals surface area (Å²) in [6, 6.07) is 16.3. The predicted molar refractivity (Wildman–Crippen MR) is 142 cm³/mol. The van der Waals surface area contributed by atoms with Gasteiger partial charge in [-0.2, -0.15) is 0 Å². The zero-order valence-corrected chi connectivity index (χ0v) is 21.8. The number of methoxy groups -OCH3 is 1. The number of urea groups is 1. The Balaban J connectivity index is 1.59. The van der Waals surface area contributed by atoms with Crippen molar-refractivity contribution in [2.24, 2.45) is 0 Å².